The van der Waals surface area contributed by atoms with Gasteiger partial charge >= 0.3 is 0 Å². The molecule has 1 aliphatic heterocycles. The summed E-state index contributed by atoms with van der Waals surface area (Å²) in [5.74, 6) is 0.718. The van der Waals surface area contributed by atoms with E-state index >= 15 is 0 Å². The van der Waals surface area contributed by atoms with E-state index in [4.69, 9.17) is 4.74 Å². The van der Waals surface area contributed by atoms with Gasteiger partial charge < -0.3 is 15.0 Å². The third-order valence-electron chi connectivity index (χ3n) is 4.84. The molecule has 1 amide bonds. The smallest absolute Gasteiger partial charge is 0.257 e. The minimum atomic E-state index is -0.0649. The van der Waals surface area contributed by atoms with Crippen molar-refractivity contribution >= 4 is 11.6 Å². The molecule has 0 bridgehead atoms. The Hall–Kier alpha value is -2.49. The first kappa shape index (κ1) is 18.3. The Morgan fingerprint density at radius 1 is 1.19 bits per heavy atom. The number of ether oxygens (including phenoxy) is 1. The van der Waals surface area contributed by atoms with Gasteiger partial charge in [-0.25, -0.2) is 0 Å². The normalized spacial score (nSPS) is 13.2. The molecule has 0 saturated carbocycles. The van der Waals surface area contributed by atoms with Crippen molar-refractivity contribution in [2.75, 3.05) is 31.1 Å². The summed E-state index contributed by atoms with van der Waals surface area (Å²) in [7, 11) is 0. The van der Waals surface area contributed by atoms with Crippen LogP contribution in [0, 0.1) is 13.8 Å². The first-order chi connectivity index (χ1) is 12.6. The maximum atomic E-state index is 12.0. The zero-order valence-corrected chi connectivity index (χ0v) is 15.8. The Kier molecular flexibility index (Phi) is 6.16. The number of para-hydroxylation sites is 1. The maximum absolute atomic E-state index is 12.0. The number of carbonyl (C=O) groups is 1. The lowest BCUT2D eigenvalue weighted by Gasteiger charge is -2.31. The van der Waals surface area contributed by atoms with Gasteiger partial charge in [-0.2, -0.15) is 0 Å². The van der Waals surface area contributed by atoms with Crippen molar-refractivity contribution in [3.63, 3.8) is 0 Å². The highest BCUT2D eigenvalue weighted by Crippen LogP contribution is 2.26. The monoisotopic (exact) mass is 352 g/mol. The molecule has 0 aromatic heterocycles. The standard InChI is InChI=1S/C22H28N2O2/c1-17-10-11-18(2)21(15-17)26-16-22(25)23-12-6-14-24-13-5-8-19-7-3-4-9-20(19)24/h3-4,7,9-11,15H,5-6,8,12-14,16H2,1-2H3,(H,23,25). The van der Waals surface area contributed by atoms with Crippen molar-refractivity contribution in [1.29, 1.82) is 0 Å². The number of amides is 1. The number of anilines is 1. The van der Waals surface area contributed by atoms with Crippen LogP contribution in [0.25, 0.3) is 0 Å². The zero-order valence-electron chi connectivity index (χ0n) is 15.8. The van der Waals surface area contributed by atoms with E-state index < -0.39 is 0 Å². The lowest BCUT2D eigenvalue weighted by Crippen LogP contribution is -2.34. The summed E-state index contributed by atoms with van der Waals surface area (Å²) in [6.07, 6.45) is 3.30. The predicted octanol–water partition coefficient (Wildman–Crippen LogP) is 3.64. The number of hydrogen-bond donors (Lipinski definition) is 1. The largest absolute Gasteiger partial charge is 0.483 e. The van der Waals surface area contributed by atoms with Crippen LogP contribution in [0.15, 0.2) is 42.5 Å². The lowest BCUT2D eigenvalue weighted by atomic mass is 10.0. The predicted molar refractivity (Wildman–Crippen MR) is 106 cm³/mol. The van der Waals surface area contributed by atoms with Gasteiger partial charge in [-0.1, -0.05) is 30.3 Å². The number of aryl methyl sites for hydroxylation is 3. The fourth-order valence-electron chi connectivity index (χ4n) is 3.40. The van der Waals surface area contributed by atoms with Crippen LogP contribution < -0.4 is 15.0 Å². The molecule has 0 atom stereocenters. The van der Waals surface area contributed by atoms with Crippen LogP contribution in [0.3, 0.4) is 0 Å². The van der Waals surface area contributed by atoms with Gasteiger partial charge in [-0.05, 0) is 61.9 Å². The van der Waals surface area contributed by atoms with Crippen LogP contribution in [0.4, 0.5) is 5.69 Å². The Balaban J connectivity index is 1.39. The summed E-state index contributed by atoms with van der Waals surface area (Å²) in [4.78, 5) is 14.4. The molecule has 1 aliphatic rings. The average molecular weight is 352 g/mol. The van der Waals surface area contributed by atoms with E-state index in [1.165, 1.54) is 24.1 Å². The SMILES string of the molecule is Cc1ccc(C)c(OCC(=O)NCCCN2CCCc3ccccc32)c1. The Labute approximate surface area is 156 Å². The van der Waals surface area contributed by atoms with Gasteiger partial charge in [-0.15, -0.1) is 0 Å². The van der Waals surface area contributed by atoms with Crippen molar-refractivity contribution in [2.24, 2.45) is 0 Å². The maximum Gasteiger partial charge on any atom is 0.257 e. The van der Waals surface area contributed by atoms with Gasteiger partial charge in [0.25, 0.3) is 5.91 Å². The van der Waals surface area contributed by atoms with E-state index in [1.54, 1.807) is 0 Å². The van der Waals surface area contributed by atoms with Crippen molar-refractivity contribution in [1.82, 2.24) is 5.32 Å². The quantitative estimate of drug-likeness (QED) is 0.774. The third-order valence-corrected chi connectivity index (χ3v) is 4.84. The molecule has 4 nitrogen and oxygen atoms in total. The molecule has 3 rings (SSSR count). The molecule has 138 valence electrons. The number of nitrogens with one attached hydrogen (secondary N) is 1. The number of nitrogens with zero attached hydrogens (tertiary/aromatic N) is 1. The molecule has 0 spiro atoms. The summed E-state index contributed by atoms with van der Waals surface area (Å²) in [6.45, 7) is 6.81. The summed E-state index contributed by atoms with van der Waals surface area (Å²) in [6, 6.07) is 14.7. The number of benzene rings is 2. The number of hydrogen-bond acceptors (Lipinski definition) is 3. The Morgan fingerprint density at radius 2 is 2.04 bits per heavy atom. The van der Waals surface area contributed by atoms with Crippen LogP contribution >= 0.6 is 0 Å². The van der Waals surface area contributed by atoms with Gasteiger partial charge in [0.2, 0.25) is 0 Å². The number of rotatable bonds is 7. The summed E-state index contributed by atoms with van der Waals surface area (Å²) in [5.41, 5.74) is 4.97. The number of fused-ring (bicyclic) bond motifs is 1. The molecule has 2 aromatic rings. The zero-order chi connectivity index (χ0) is 18.4. The summed E-state index contributed by atoms with van der Waals surface area (Å²) >= 11 is 0. The molecule has 1 N–H and O–H groups in total. The highest BCUT2D eigenvalue weighted by molar-refractivity contribution is 5.77. The van der Waals surface area contributed by atoms with Crippen LogP contribution in [0.5, 0.6) is 5.75 Å². The van der Waals surface area contributed by atoms with Crippen molar-refractivity contribution in [3.8, 4) is 5.75 Å². The fourth-order valence-corrected chi connectivity index (χ4v) is 3.40. The minimum Gasteiger partial charge on any atom is -0.483 e. The molecule has 4 heteroatoms. The molecule has 26 heavy (non-hydrogen) atoms. The van der Waals surface area contributed by atoms with Crippen molar-refractivity contribution < 1.29 is 9.53 Å². The van der Waals surface area contributed by atoms with Crippen molar-refractivity contribution in [2.45, 2.75) is 33.1 Å². The molecule has 2 aromatic carbocycles. The Morgan fingerprint density at radius 3 is 2.92 bits per heavy atom. The second kappa shape index (κ2) is 8.75. The van der Waals surface area contributed by atoms with Crippen LogP contribution in [-0.4, -0.2) is 32.1 Å². The molecule has 0 saturated heterocycles. The van der Waals surface area contributed by atoms with Gasteiger partial charge in [0.1, 0.15) is 5.75 Å². The molecule has 0 fully saturated rings. The lowest BCUT2D eigenvalue weighted by molar-refractivity contribution is -0.123. The van der Waals surface area contributed by atoms with Crippen molar-refractivity contribution in [3.05, 3.63) is 59.2 Å². The topological polar surface area (TPSA) is 41.6 Å². The molecule has 0 radical (unpaired) electrons. The first-order valence-corrected chi connectivity index (χ1v) is 9.43. The molecule has 0 aliphatic carbocycles. The summed E-state index contributed by atoms with van der Waals surface area (Å²) < 4.78 is 5.65. The van der Waals surface area contributed by atoms with E-state index in [0.29, 0.717) is 6.54 Å². The highest BCUT2D eigenvalue weighted by Gasteiger charge is 2.15. The van der Waals surface area contributed by atoms with E-state index in [0.717, 1.165) is 36.4 Å². The van der Waals surface area contributed by atoms with E-state index in [-0.39, 0.29) is 12.5 Å². The van der Waals surface area contributed by atoms with Gasteiger partial charge in [-0.3, -0.25) is 4.79 Å². The van der Waals surface area contributed by atoms with E-state index in [9.17, 15) is 4.79 Å². The first-order valence-electron chi connectivity index (χ1n) is 9.43. The Bertz CT molecular complexity index is 758. The number of carbonyl (C=O) groups excluding carboxylic acids is 1. The van der Waals surface area contributed by atoms with Crippen LogP contribution in [0.1, 0.15) is 29.5 Å². The average Bonchev–Trinajstić information content (AvgIpc) is 2.66. The van der Waals surface area contributed by atoms with Gasteiger partial charge in [0, 0.05) is 25.3 Å². The van der Waals surface area contributed by atoms with Gasteiger partial charge in [0.05, 0.1) is 0 Å². The van der Waals surface area contributed by atoms with Crippen LogP contribution in [0.2, 0.25) is 0 Å². The summed E-state index contributed by atoms with van der Waals surface area (Å²) in [5, 5.41) is 2.96. The second-order valence-electron chi connectivity index (χ2n) is 6.98. The molecular weight excluding hydrogens is 324 g/mol. The van der Waals surface area contributed by atoms with Crippen LogP contribution in [-0.2, 0) is 11.2 Å². The fraction of sp³-hybridized carbons (Fsp3) is 0.409. The molecular formula is C22H28N2O2. The second-order valence-corrected chi connectivity index (χ2v) is 6.98. The molecule has 0 unspecified atom stereocenters. The van der Waals surface area contributed by atoms with Gasteiger partial charge in [0.15, 0.2) is 6.61 Å². The van der Waals surface area contributed by atoms with E-state index in [1.807, 2.05) is 32.0 Å². The highest BCUT2D eigenvalue weighted by atomic mass is 16.5. The van der Waals surface area contributed by atoms with E-state index in [2.05, 4.69) is 34.5 Å². The third kappa shape index (κ3) is 4.78. The molecule has 1 heterocycles. The minimum absolute atomic E-state index is 0.0649.